The van der Waals surface area contributed by atoms with Crippen LogP contribution in [-0.4, -0.2) is 17.4 Å². The number of carbonyl (C=O) groups excluding carboxylic acids is 1. The van der Waals surface area contributed by atoms with Gasteiger partial charge in [0.25, 0.3) is 5.91 Å². The maximum atomic E-state index is 12.4. The number of nitrogens with one attached hydrogen (secondary N) is 2. The zero-order valence-corrected chi connectivity index (χ0v) is 14.9. The molecule has 2 aromatic carbocycles. The first-order valence-electron chi connectivity index (χ1n) is 8.88. The van der Waals surface area contributed by atoms with Crippen molar-refractivity contribution in [3.63, 3.8) is 0 Å². The average molecular weight is 345 g/mol. The molecule has 0 radical (unpaired) electrons. The topological polar surface area (TPSA) is 54.0 Å². The smallest absolute Gasteiger partial charge is 0.252 e. The molecule has 0 aliphatic carbocycles. The van der Waals surface area contributed by atoms with E-state index in [1.807, 2.05) is 42.5 Å². The molecule has 0 spiro atoms. The highest BCUT2D eigenvalue weighted by Crippen LogP contribution is 2.21. The molecular weight excluding hydrogens is 322 g/mol. The Balaban J connectivity index is 1.62. The van der Waals surface area contributed by atoms with E-state index in [4.69, 9.17) is 0 Å². The zero-order valence-electron chi connectivity index (χ0n) is 14.9. The van der Waals surface area contributed by atoms with E-state index in [-0.39, 0.29) is 5.91 Å². The average Bonchev–Trinajstić information content (AvgIpc) is 2.69. The van der Waals surface area contributed by atoms with Gasteiger partial charge in [0.05, 0.1) is 17.4 Å². The molecule has 132 valence electrons. The number of hydrogen-bond donors (Lipinski definition) is 2. The van der Waals surface area contributed by atoms with E-state index in [2.05, 4.69) is 40.7 Å². The molecule has 0 saturated heterocycles. The highest BCUT2D eigenvalue weighted by atomic mass is 16.1. The quantitative estimate of drug-likeness (QED) is 0.669. The number of para-hydroxylation sites is 1. The number of aromatic nitrogens is 1. The maximum absolute atomic E-state index is 12.4. The van der Waals surface area contributed by atoms with E-state index in [0.717, 1.165) is 24.2 Å². The second kappa shape index (κ2) is 8.81. The first-order chi connectivity index (χ1) is 12.8. The van der Waals surface area contributed by atoms with Crippen LogP contribution in [0.4, 0.5) is 11.4 Å². The highest BCUT2D eigenvalue weighted by Gasteiger charge is 2.08. The van der Waals surface area contributed by atoms with Gasteiger partial charge in [-0.2, -0.15) is 0 Å². The van der Waals surface area contributed by atoms with Crippen molar-refractivity contribution in [1.29, 1.82) is 0 Å². The number of carbonyl (C=O) groups is 1. The summed E-state index contributed by atoms with van der Waals surface area (Å²) in [5, 5.41) is 6.31. The van der Waals surface area contributed by atoms with Crippen molar-refractivity contribution in [1.82, 2.24) is 10.3 Å². The summed E-state index contributed by atoms with van der Waals surface area (Å²) in [7, 11) is 0. The molecule has 0 aliphatic heterocycles. The minimum atomic E-state index is -0.110. The summed E-state index contributed by atoms with van der Waals surface area (Å²) < 4.78 is 0. The molecule has 1 aromatic heterocycles. The molecule has 0 unspecified atom stereocenters. The molecule has 0 saturated carbocycles. The van der Waals surface area contributed by atoms with E-state index >= 15 is 0 Å². The molecule has 1 amide bonds. The van der Waals surface area contributed by atoms with Gasteiger partial charge in [0, 0.05) is 18.4 Å². The number of hydrogen-bond acceptors (Lipinski definition) is 3. The van der Waals surface area contributed by atoms with Crippen molar-refractivity contribution in [2.75, 3.05) is 11.9 Å². The van der Waals surface area contributed by atoms with E-state index in [1.165, 1.54) is 11.1 Å². The molecule has 0 bridgehead atoms. The van der Waals surface area contributed by atoms with Crippen LogP contribution in [0.3, 0.4) is 0 Å². The maximum Gasteiger partial charge on any atom is 0.252 e. The number of nitrogens with zero attached hydrogens (tertiary/aromatic N) is 1. The van der Waals surface area contributed by atoms with Gasteiger partial charge in [-0.05, 0) is 36.1 Å². The molecule has 1 heterocycles. The molecule has 3 rings (SSSR count). The van der Waals surface area contributed by atoms with Crippen LogP contribution in [0.2, 0.25) is 0 Å². The molecule has 2 N–H and O–H groups in total. The molecule has 26 heavy (non-hydrogen) atoms. The van der Waals surface area contributed by atoms with Gasteiger partial charge >= 0.3 is 0 Å². The van der Waals surface area contributed by atoms with Gasteiger partial charge in [-0.3, -0.25) is 9.78 Å². The lowest BCUT2D eigenvalue weighted by atomic mass is 10.1. The first kappa shape index (κ1) is 17.7. The molecule has 0 aliphatic rings. The van der Waals surface area contributed by atoms with Gasteiger partial charge in [0.15, 0.2) is 0 Å². The van der Waals surface area contributed by atoms with Crippen molar-refractivity contribution in [2.24, 2.45) is 0 Å². The summed E-state index contributed by atoms with van der Waals surface area (Å²) in [6.07, 6.45) is 5.07. The van der Waals surface area contributed by atoms with Gasteiger partial charge in [-0.15, -0.1) is 0 Å². The Morgan fingerprint density at radius 1 is 1.00 bits per heavy atom. The normalized spacial score (nSPS) is 10.3. The molecule has 4 heteroatoms. The van der Waals surface area contributed by atoms with Crippen molar-refractivity contribution in [3.8, 4) is 0 Å². The third-order valence-electron chi connectivity index (χ3n) is 4.22. The fourth-order valence-corrected chi connectivity index (χ4v) is 2.81. The van der Waals surface area contributed by atoms with Crippen LogP contribution in [0.5, 0.6) is 0 Å². The SMILES string of the molecule is CCc1ccccc1Nc1cncc(C(=O)NCCc2ccccc2)c1. The van der Waals surface area contributed by atoms with Crippen LogP contribution in [0, 0.1) is 0 Å². The third-order valence-corrected chi connectivity index (χ3v) is 4.22. The van der Waals surface area contributed by atoms with Crippen molar-refractivity contribution < 1.29 is 4.79 Å². The van der Waals surface area contributed by atoms with Crippen LogP contribution in [0.1, 0.15) is 28.4 Å². The molecular formula is C22H23N3O. The van der Waals surface area contributed by atoms with Crippen LogP contribution in [0.25, 0.3) is 0 Å². The fourth-order valence-electron chi connectivity index (χ4n) is 2.81. The summed E-state index contributed by atoms with van der Waals surface area (Å²) in [6.45, 7) is 2.72. The first-order valence-corrected chi connectivity index (χ1v) is 8.88. The van der Waals surface area contributed by atoms with Gasteiger partial charge < -0.3 is 10.6 Å². The molecule has 0 atom stereocenters. The van der Waals surface area contributed by atoms with Crippen molar-refractivity contribution in [2.45, 2.75) is 19.8 Å². The number of anilines is 2. The predicted octanol–water partition coefficient (Wildman–Crippen LogP) is 4.36. The monoisotopic (exact) mass is 345 g/mol. The predicted molar refractivity (Wildman–Crippen MR) is 106 cm³/mol. The Morgan fingerprint density at radius 3 is 2.58 bits per heavy atom. The number of rotatable bonds is 7. The Labute approximate surface area is 154 Å². The Bertz CT molecular complexity index is 862. The molecule has 4 nitrogen and oxygen atoms in total. The van der Waals surface area contributed by atoms with E-state index in [1.54, 1.807) is 12.4 Å². The molecule has 0 fully saturated rings. The number of aryl methyl sites for hydroxylation is 1. The van der Waals surface area contributed by atoms with E-state index in [0.29, 0.717) is 12.1 Å². The fraction of sp³-hybridized carbons (Fsp3) is 0.182. The minimum Gasteiger partial charge on any atom is -0.354 e. The molecule has 3 aromatic rings. The summed E-state index contributed by atoms with van der Waals surface area (Å²) in [4.78, 5) is 16.6. The Morgan fingerprint density at radius 2 is 1.77 bits per heavy atom. The number of benzene rings is 2. The highest BCUT2D eigenvalue weighted by molar-refractivity contribution is 5.94. The largest absolute Gasteiger partial charge is 0.354 e. The lowest BCUT2D eigenvalue weighted by Gasteiger charge is -2.11. The van der Waals surface area contributed by atoms with Crippen LogP contribution in [0.15, 0.2) is 73.1 Å². The summed E-state index contributed by atoms with van der Waals surface area (Å²) in [6, 6.07) is 20.1. The van der Waals surface area contributed by atoms with Crippen molar-refractivity contribution >= 4 is 17.3 Å². The lowest BCUT2D eigenvalue weighted by Crippen LogP contribution is -2.25. The number of pyridine rings is 1. The summed E-state index contributed by atoms with van der Waals surface area (Å²) in [5.74, 6) is -0.110. The van der Waals surface area contributed by atoms with Gasteiger partial charge in [0.1, 0.15) is 0 Å². The van der Waals surface area contributed by atoms with Crippen LogP contribution < -0.4 is 10.6 Å². The Kier molecular flexibility index (Phi) is 5.99. The summed E-state index contributed by atoms with van der Waals surface area (Å²) >= 11 is 0. The van der Waals surface area contributed by atoms with Gasteiger partial charge in [0.2, 0.25) is 0 Å². The summed E-state index contributed by atoms with van der Waals surface area (Å²) in [5.41, 5.74) is 4.83. The van der Waals surface area contributed by atoms with Gasteiger partial charge in [-0.25, -0.2) is 0 Å². The second-order valence-corrected chi connectivity index (χ2v) is 6.09. The second-order valence-electron chi connectivity index (χ2n) is 6.09. The minimum absolute atomic E-state index is 0.110. The standard InChI is InChI=1S/C22H23N3O/c1-2-18-10-6-7-11-21(18)25-20-14-19(15-23-16-20)22(26)24-13-12-17-8-4-3-5-9-17/h3-11,14-16,25H,2,12-13H2,1H3,(H,24,26). The van der Waals surface area contributed by atoms with E-state index in [9.17, 15) is 4.79 Å². The lowest BCUT2D eigenvalue weighted by molar-refractivity contribution is 0.0954. The zero-order chi connectivity index (χ0) is 18.2. The van der Waals surface area contributed by atoms with E-state index < -0.39 is 0 Å². The van der Waals surface area contributed by atoms with Crippen LogP contribution in [-0.2, 0) is 12.8 Å². The third kappa shape index (κ3) is 4.70. The van der Waals surface area contributed by atoms with Crippen molar-refractivity contribution in [3.05, 3.63) is 89.7 Å². The number of amides is 1. The van der Waals surface area contributed by atoms with Gasteiger partial charge in [-0.1, -0.05) is 55.5 Å². The van der Waals surface area contributed by atoms with Crippen LogP contribution >= 0.6 is 0 Å². The Hall–Kier alpha value is -3.14.